The van der Waals surface area contributed by atoms with Crippen LogP contribution >= 0.6 is 11.3 Å². The number of aryl methyl sites for hydroxylation is 4. The fourth-order valence-electron chi connectivity index (χ4n) is 2.90. The first kappa shape index (κ1) is 19.8. The highest BCUT2D eigenvalue weighted by atomic mass is 32.1. The number of hydrogen-bond donors (Lipinski definition) is 2. The van der Waals surface area contributed by atoms with E-state index in [0.29, 0.717) is 27.3 Å². The number of carbonyl (C=O) groups is 2. The summed E-state index contributed by atoms with van der Waals surface area (Å²) in [5.41, 5.74) is 2.89. The van der Waals surface area contributed by atoms with Crippen LogP contribution in [0, 0.1) is 27.7 Å². The van der Waals surface area contributed by atoms with Crippen LogP contribution in [0.3, 0.4) is 0 Å². The van der Waals surface area contributed by atoms with Crippen molar-refractivity contribution in [1.82, 2.24) is 9.97 Å². The molecule has 8 heteroatoms. The van der Waals surface area contributed by atoms with Gasteiger partial charge < -0.3 is 15.0 Å². The first-order chi connectivity index (χ1) is 13.2. The van der Waals surface area contributed by atoms with Crippen molar-refractivity contribution in [2.75, 3.05) is 5.32 Å². The van der Waals surface area contributed by atoms with Crippen LogP contribution in [0.2, 0.25) is 0 Å². The number of benzene rings is 1. The van der Waals surface area contributed by atoms with E-state index in [1.807, 2.05) is 32.0 Å². The summed E-state index contributed by atoms with van der Waals surface area (Å²) < 4.78 is 5.33. The van der Waals surface area contributed by atoms with Gasteiger partial charge in [0, 0.05) is 5.69 Å². The molecule has 0 unspecified atom stereocenters. The molecule has 2 heterocycles. The number of amides is 1. The molecule has 0 saturated heterocycles. The van der Waals surface area contributed by atoms with Crippen molar-refractivity contribution in [2.45, 2.75) is 40.7 Å². The number of carbonyl (C=O) groups excluding carboxylic acids is 2. The van der Waals surface area contributed by atoms with Gasteiger partial charge in [-0.1, -0.05) is 17.7 Å². The molecule has 2 N–H and O–H groups in total. The Morgan fingerprint density at radius 3 is 2.61 bits per heavy atom. The van der Waals surface area contributed by atoms with E-state index in [2.05, 4.69) is 15.3 Å². The number of nitrogens with zero attached hydrogens (tertiary/aromatic N) is 1. The molecule has 28 heavy (non-hydrogen) atoms. The molecule has 0 saturated carbocycles. The predicted octanol–water partition coefficient (Wildman–Crippen LogP) is 3.40. The van der Waals surface area contributed by atoms with Gasteiger partial charge >= 0.3 is 5.97 Å². The van der Waals surface area contributed by atoms with E-state index in [9.17, 15) is 14.4 Å². The Morgan fingerprint density at radius 1 is 1.21 bits per heavy atom. The van der Waals surface area contributed by atoms with Crippen LogP contribution in [-0.4, -0.2) is 27.9 Å². The summed E-state index contributed by atoms with van der Waals surface area (Å²) in [7, 11) is 0. The van der Waals surface area contributed by atoms with Crippen molar-refractivity contribution in [3.63, 3.8) is 0 Å². The average Bonchev–Trinajstić information content (AvgIpc) is 2.93. The standard InChI is InChI=1S/C20H21N3O4S/c1-9-6-7-14(10(2)8-9)23-17(24)12(4)27-20(26)16-11(3)15-18(25)21-13(5)22-19(15)28-16/h6-8,12H,1-5H3,(H,23,24)(H,21,22,25)/t12-/m1/s1. The average molecular weight is 399 g/mol. The lowest BCUT2D eigenvalue weighted by Gasteiger charge is -2.14. The van der Waals surface area contributed by atoms with Crippen LogP contribution in [-0.2, 0) is 9.53 Å². The first-order valence-electron chi connectivity index (χ1n) is 8.76. The number of hydrogen-bond acceptors (Lipinski definition) is 6. The van der Waals surface area contributed by atoms with Crippen molar-refractivity contribution < 1.29 is 14.3 Å². The van der Waals surface area contributed by atoms with Crippen molar-refractivity contribution >= 4 is 39.1 Å². The minimum absolute atomic E-state index is 0.268. The molecule has 3 rings (SSSR count). The molecule has 0 aliphatic rings. The van der Waals surface area contributed by atoms with Gasteiger partial charge in [0.15, 0.2) is 6.10 Å². The van der Waals surface area contributed by atoms with Crippen LogP contribution in [0.4, 0.5) is 5.69 Å². The van der Waals surface area contributed by atoms with Crippen LogP contribution in [0.25, 0.3) is 10.2 Å². The Hall–Kier alpha value is -3.00. The van der Waals surface area contributed by atoms with Gasteiger partial charge in [0.2, 0.25) is 0 Å². The molecular weight excluding hydrogens is 378 g/mol. The largest absolute Gasteiger partial charge is 0.448 e. The van der Waals surface area contributed by atoms with E-state index in [1.54, 1.807) is 13.8 Å². The summed E-state index contributed by atoms with van der Waals surface area (Å²) in [5, 5.41) is 3.14. The lowest BCUT2D eigenvalue weighted by atomic mass is 10.1. The number of rotatable bonds is 4. The zero-order valence-corrected chi connectivity index (χ0v) is 17.1. The smallest absolute Gasteiger partial charge is 0.349 e. The number of anilines is 1. The first-order valence-corrected chi connectivity index (χ1v) is 9.58. The normalized spacial score (nSPS) is 12.0. The maximum Gasteiger partial charge on any atom is 0.349 e. The molecule has 2 aromatic heterocycles. The Labute approximate surface area is 165 Å². The van der Waals surface area contributed by atoms with Crippen LogP contribution in [0.15, 0.2) is 23.0 Å². The van der Waals surface area contributed by atoms with Gasteiger partial charge in [-0.3, -0.25) is 9.59 Å². The van der Waals surface area contributed by atoms with Crippen molar-refractivity contribution in [3.8, 4) is 0 Å². The number of aromatic nitrogens is 2. The summed E-state index contributed by atoms with van der Waals surface area (Å²) in [6, 6.07) is 5.67. The fraction of sp³-hybridized carbons (Fsp3) is 0.300. The van der Waals surface area contributed by atoms with E-state index in [-0.39, 0.29) is 10.4 Å². The lowest BCUT2D eigenvalue weighted by molar-refractivity contribution is -0.123. The molecule has 0 bridgehead atoms. The van der Waals surface area contributed by atoms with Crippen molar-refractivity contribution in [1.29, 1.82) is 0 Å². The number of ether oxygens (including phenoxy) is 1. The Bertz CT molecular complexity index is 1150. The van der Waals surface area contributed by atoms with Gasteiger partial charge in [-0.15, -0.1) is 11.3 Å². The quantitative estimate of drug-likeness (QED) is 0.655. The predicted molar refractivity (Wildman–Crippen MR) is 109 cm³/mol. The van der Waals surface area contributed by atoms with E-state index in [4.69, 9.17) is 4.74 Å². The maximum atomic E-state index is 12.6. The fourth-order valence-corrected chi connectivity index (χ4v) is 4.01. The van der Waals surface area contributed by atoms with Gasteiger partial charge in [-0.25, -0.2) is 9.78 Å². The SMILES string of the molecule is Cc1ccc(NC(=O)[C@@H](C)OC(=O)c2sc3nc(C)[nH]c(=O)c3c2C)c(C)c1. The number of thiophene rings is 1. The third-order valence-electron chi connectivity index (χ3n) is 4.40. The molecule has 0 radical (unpaired) electrons. The summed E-state index contributed by atoms with van der Waals surface area (Å²) >= 11 is 1.08. The molecule has 7 nitrogen and oxygen atoms in total. The molecule has 0 fully saturated rings. The highest BCUT2D eigenvalue weighted by Crippen LogP contribution is 2.28. The molecule has 0 aliphatic heterocycles. The summed E-state index contributed by atoms with van der Waals surface area (Å²) in [6.07, 6.45) is -0.995. The highest BCUT2D eigenvalue weighted by Gasteiger charge is 2.24. The molecular formula is C20H21N3O4S. The second-order valence-electron chi connectivity index (χ2n) is 6.74. The number of esters is 1. The number of fused-ring (bicyclic) bond motifs is 1. The molecule has 1 aromatic carbocycles. The van der Waals surface area contributed by atoms with Gasteiger partial charge in [-0.2, -0.15) is 0 Å². The molecule has 0 spiro atoms. The van der Waals surface area contributed by atoms with E-state index in [1.165, 1.54) is 6.92 Å². The van der Waals surface area contributed by atoms with Gasteiger partial charge in [-0.05, 0) is 51.8 Å². The highest BCUT2D eigenvalue weighted by molar-refractivity contribution is 7.20. The van der Waals surface area contributed by atoms with Gasteiger partial charge in [0.1, 0.15) is 15.5 Å². The number of H-pyrrole nitrogens is 1. The Balaban J connectivity index is 1.78. The summed E-state index contributed by atoms with van der Waals surface area (Å²) in [4.78, 5) is 44.8. The monoisotopic (exact) mass is 399 g/mol. The number of nitrogens with one attached hydrogen (secondary N) is 2. The minimum Gasteiger partial charge on any atom is -0.448 e. The van der Waals surface area contributed by atoms with Gasteiger partial charge in [0.05, 0.1) is 5.39 Å². The summed E-state index contributed by atoms with van der Waals surface area (Å²) in [5.74, 6) is -0.605. The zero-order chi connectivity index (χ0) is 20.6. The van der Waals surface area contributed by atoms with Crippen LogP contribution < -0.4 is 10.9 Å². The van der Waals surface area contributed by atoms with Gasteiger partial charge in [0.25, 0.3) is 11.5 Å². The lowest BCUT2D eigenvalue weighted by Crippen LogP contribution is -2.30. The van der Waals surface area contributed by atoms with Crippen molar-refractivity contribution in [2.24, 2.45) is 0 Å². The molecule has 1 atom stereocenters. The maximum absolute atomic E-state index is 12.6. The zero-order valence-electron chi connectivity index (χ0n) is 16.3. The third-order valence-corrected chi connectivity index (χ3v) is 5.56. The molecule has 1 amide bonds. The second kappa shape index (κ2) is 7.55. The summed E-state index contributed by atoms with van der Waals surface area (Å²) in [6.45, 7) is 8.72. The van der Waals surface area contributed by atoms with E-state index >= 15 is 0 Å². The Morgan fingerprint density at radius 2 is 1.93 bits per heavy atom. The van der Waals surface area contributed by atoms with E-state index in [0.717, 1.165) is 22.5 Å². The minimum atomic E-state index is -0.995. The molecule has 3 aromatic rings. The molecule has 146 valence electrons. The number of aromatic amines is 1. The Kier molecular flexibility index (Phi) is 5.33. The van der Waals surface area contributed by atoms with E-state index < -0.39 is 18.0 Å². The second-order valence-corrected chi connectivity index (χ2v) is 7.74. The molecule has 0 aliphatic carbocycles. The topological polar surface area (TPSA) is 101 Å². The third kappa shape index (κ3) is 3.82. The van der Waals surface area contributed by atoms with Crippen LogP contribution in [0.1, 0.15) is 39.1 Å². The van der Waals surface area contributed by atoms with Crippen molar-refractivity contribution in [3.05, 3.63) is 55.9 Å². The van der Waals surface area contributed by atoms with Crippen LogP contribution in [0.5, 0.6) is 0 Å².